The molecule has 2 aliphatic carbocycles. The van der Waals surface area contributed by atoms with Crippen molar-refractivity contribution < 1.29 is 10.6 Å². The summed E-state index contributed by atoms with van der Waals surface area (Å²) < 4.78 is 18.0. The van der Waals surface area contributed by atoms with Crippen LogP contribution in [0.15, 0.2) is 54.1 Å². The van der Waals surface area contributed by atoms with Gasteiger partial charge in [-0.3, -0.25) is 0 Å². The zero-order chi connectivity index (χ0) is 20.1. The predicted molar refractivity (Wildman–Crippen MR) is 115 cm³/mol. The van der Waals surface area contributed by atoms with Gasteiger partial charge in [0.1, 0.15) is 6.67 Å². The van der Waals surface area contributed by atoms with Crippen molar-refractivity contribution in [2.75, 3.05) is 51.5 Å². The minimum Gasteiger partial charge on any atom is -0.378 e. The molecule has 0 bridgehead atoms. The normalized spacial score (nSPS) is 22.3. The summed E-state index contributed by atoms with van der Waals surface area (Å²) in [5, 5.41) is 0. The summed E-state index contributed by atoms with van der Waals surface area (Å²) in [7, 11) is 1.96. The molecule has 1 saturated carbocycles. The highest BCUT2D eigenvalue weighted by atomic mass is 19.1. The molecule has 154 valence electrons. The van der Waals surface area contributed by atoms with E-state index in [1.807, 2.05) is 30.3 Å². The molecule has 3 aliphatic rings. The fraction of sp³-hybridized carbons (Fsp3) is 0.435. The number of hydrogen-bond acceptors (Lipinski definition) is 4. The van der Waals surface area contributed by atoms with Gasteiger partial charge in [-0.25, -0.2) is 9.37 Å². The van der Waals surface area contributed by atoms with E-state index in [1.54, 1.807) is 6.33 Å². The Labute approximate surface area is 173 Å². The van der Waals surface area contributed by atoms with Gasteiger partial charge in [0.15, 0.2) is 0 Å². The molecule has 2 unspecified atom stereocenters. The van der Waals surface area contributed by atoms with Gasteiger partial charge < -0.3 is 19.5 Å². The van der Waals surface area contributed by atoms with Crippen LogP contribution in [0.2, 0.25) is 0 Å². The molecule has 29 heavy (non-hydrogen) atoms. The number of rotatable bonds is 4. The molecular formula is C23H29FN4O. The number of ether oxygens (including phenoxy) is 1. The number of aromatic amines is 1. The van der Waals surface area contributed by atoms with Crippen molar-refractivity contribution >= 4 is 5.69 Å². The lowest BCUT2D eigenvalue weighted by atomic mass is 10.0. The number of nitrogens with one attached hydrogen (secondary N) is 1. The predicted octanol–water partition coefficient (Wildman–Crippen LogP) is 3.33. The number of fused-ring (bicyclic) bond motifs is 1. The van der Waals surface area contributed by atoms with E-state index in [9.17, 15) is 4.39 Å². The molecule has 0 aromatic carbocycles. The zero-order valence-electron chi connectivity index (χ0n) is 16.8. The van der Waals surface area contributed by atoms with E-state index in [0.29, 0.717) is 18.4 Å². The number of nitrogens with zero attached hydrogens (tertiary/aromatic N) is 3. The van der Waals surface area contributed by atoms with E-state index in [-0.39, 0.29) is 8.10 Å². The molecule has 1 saturated heterocycles. The number of halogens is 1. The van der Waals surface area contributed by atoms with Crippen LogP contribution in [-0.4, -0.2) is 61.4 Å². The summed E-state index contributed by atoms with van der Waals surface area (Å²) in [6.07, 6.45) is 8.82. The molecule has 1 N–H and O–H groups in total. The third kappa shape index (κ3) is 4.80. The van der Waals surface area contributed by atoms with Crippen LogP contribution in [0.1, 0.15) is 13.5 Å². The van der Waals surface area contributed by atoms with Gasteiger partial charge in [-0.2, -0.15) is 0 Å². The second kappa shape index (κ2) is 9.15. The van der Waals surface area contributed by atoms with Crippen molar-refractivity contribution in [2.45, 2.75) is 6.42 Å². The molecule has 0 spiro atoms. The molecule has 2 heterocycles. The van der Waals surface area contributed by atoms with Crippen molar-refractivity contribution in [2.24, 2.45) is 11.8 Å². The molecule has 5 nitrogen and oxygen atoms in total. The van der Waals surface area contributed by atoms with Gasteiger partial charge in [0.25, 0.3) is 0 Å². The van der Waals surface area contributed by atoms with Gasteiger partial charge in [0, 0.05) is 51.2 Å². The Kier molecular flexibility index (Phi) is 6.16. The van der Waals surface area contributed by atoms with E-state index in [2.05, 4.69) is 44.9 Å². The Bertz CT molecular complexity index is 909. The minimum atomic E-state index is -0.321. The number of alkyl halides is 1. The first-order valence-electron chi connectivity index (χ1n) is 10.2. The molecular weight excluding hydrogens is 367 g/mol. The molecule has 6 heteroatoms. The van der Waals surface area contributed by atoms with Gasteiger partial charge >= 0.3 is 0 Å². The second-order valence-electron chi connectivity index (χ2n) is 7.54. The van der Waals surface area contributed by atoms with Crippen molar-refractivity contribution in [3.05, 3.63) is 59.8 Å². The Hall–Kier alpha value is -2.78. The van der Waals surface area contributed by atoms with Crippen LogP contribution in [0, 0.1) is 23.7 Å². The Morgan fingerprint density at radius 1 is 1.28 bits per heavy atom. The lowest BCUT2D eigenvalue weighted by molar-refractivity contribution is 0.122. The number of allylic oxidation sites excluding steroid dienone is 4. The number of hydrogen-bond donors (Lipinski definition) is 1. The highest BCUT2D eigenvalue weighted by molar-refractivity contribution is 5.48. The van der Waals surface area contributed by atoms with Crippen LogP contribution in [0.3, 0.4) is 0 Å². The van der Waals surface area contributed by atoms with Gasteiger partial charge in [0.2, 0.25) is 0 Å². The quantitative estimate of drug-likeness (QED) is 0.793. The van der Waals surface area contributed by atoms with Crippen LogP contribution in [0.4, 0.5) is 10.1 Å². The minimum absolute atomic E-state index is 0. The number of aromatic nitrogens is 2. The maximum Gasteiger partial charge on any atom is 0.107 e. The van der Waals surface area contributed by atoms with E-state index in [1.165, 1.54) is 5.70 Å². The summed E-state index contributed by atoms with van der Waals surface area (Å²) in [6.45, 7) is 3.38. The number of morpholine rings is 1. The maximum atomic E-state index is 12.6. The molecule has 0 radical (unpaired) electrons. The van der Waals surface area contributed by atoms with Crippen molar-refractivity contribution in [1.29, 1.82) is 0 Å². The van der Waals surface area contributed by atoms with E-state index >= 15 is 0 Å². The number of H-pyrrole nitrogens is 1. The van der Waals surface area contributed by atoms with Crippen molar-refractivity contribution in [1.82, 2.24) is 14.9 Å². The van der Waals surface area contributed by atoms with Crippen LogP contribution in [-0.2, 0) is 4.74 Å². The van der Waals surface area contributed by atoms with E-state index in [4.69, 9.17) is 4.74 Å². The lowest BCUT2D eigenvalue weighted by Crippen LogP contribution is -2.36. The molecule has 4 rings (SSSR count). The molecule has 2 atom stereocenters. The smallest absolute Gasteiger partial charge is 0.107 e. The van der Waals surface area contributed by atoms with Gasteiger partial charge in [-0.05, 0) is 36.6 Å². The third-order valence-corrected chi connectivity index (χ3v) is 5.61. The highest BCUT2D eigenvalue weighted by Crippen LogP contribution is 2.51. The van der Waals surface area contributed by atoms with Crippen LogP contribution < -0.4 is 4.90 Å². The van der Waals surface area contributed by atoms with Crippen molar-refractivity contribution in [3.63, 3.8) is 0 Å². The van der Waals surface area contributed by atoms with Gasteiger partial charge in [0.05, 0.1) is 37.1 Å². The first-order chi connectivity index (χ1) is 14.3. The molecule has 1 aliphatic heterocycles. The molecule has 0 amide bonds. The summed E-state index contributed by atoms with van der Waals surface area (Å²) in [5.41, 5.74) is 4.27. The monoisotopic (exact) mass is 396 g/mol. The number of anilines is 1. The van der Waals surface area contributed by atoms with Crippen molar-refractivity contribution in [3.8, 4) is 11.8 Å². The fourth-order valence-corrected chi connectivity index (χ4v) is 3.87. The second-order valence-corrected chi connectivity index (χ2v) is 7.54. The SMILES string of the molecule is CN(CCF)C1=CC=C(C#Cc2cccc(N3CCOCC3)cnc[nH]2)C2CC12.[HH]. The third-order valence-electron chi connectivity index (χ3n) is 5.61. The topological polar surface area (TPSA) is 44.4 Å². The Morgan fingerprint density at radius 3 is 2.97 bits per heavy atom. The van der Waals surface area contributed by atoms with E-state index in [0.717, 1.165) is 49.7 Å². The maximum absolute atomic E-state index is 12.6. The molecule has 2 fully saturated rings. The standard InChI is InChI=1S/C23H27FN4O.H2/c1-27(10-9-24)23-8-6-18(21-15-22(21)23)5-7-19-3-2-4-20(16-25-17-26-19)28-11-13-29-14-12-28;/h2-4,6,8,16-17,21-22H,9-15H2,1H3,(H,25,26);1H. The van der Waals surface area contributed by atoms with E-state index < -0.39 is 0 Å². The summed E-state index contributed by atoms with van der Waals surface area (Å²) in [5.74, 6) is 7.52. The van der Waals surface area contributed by atoms with Crippen LogP contribution in [0.5, 0.6) is 0 Å². The van der Waals surface area contributed by atoms with Gasteiger partial charge in [-0.1, -0.05) is 12.0 Å². The lowest BCUT2D eigenvalue weighted by Gasteiger charge is -2.27. The summed E-state index contributed by atoms with van der Waals surface area (Å²) >= 11 is 0. The first-order valence-corrected chi connectivity index (χ1v) is 10.2. The summed E-state index contributed by atoms with van der Waals surface area (Å²) in [6, 6.07) is 6.04. The van der Waals surface area contributed by atoms with Crippen LogP contribution >= 0.6 is 0 Å². The summed E-state index contributed by atoms with van der Waals surface area (Å²) in [4.78, 5) is 11.8. The first kappa shape index (κ1) is 19.5. The Balaban J connectivity index is 0.00000256. The fourth-order valence-electron chi connectivity index (χ4n) is 3.87. The van der Waals surface area contributed by atoms with Gasteiger partial charge in [-0.15, -0.1) is 0 Å². The molecule has 1 aromatic heterocycles. The molecule has 1 aromatic rings. The zero-order valence-corrected chi connectivity index (χ0v) is 16.8. The average Bonchev–Trinajstić information content (AvgIpc) is 3.52. The average molecular weight is 397 g/mol. The Morgan fingerprint density at radius 2 is 2.14 bits per heavy atom. The highest BCUT2D eigenvalue weighted by Gasteiger charge is 2.44. The largest absolute Gasteiger partial charge is 0.378 e. The van der Waals surface area contributed by atoms with Crippen LogP contribution in [0.25, 0.3) is 0 Å².